The number of nitro groups is 1. The fourth-order valence-corrected chi connectivity index (χ4v) is 3.00. The summed E-state index contributed by atoms with van der Waals surface area (Å²) in [6.07, 6.45) is 0. The van der Waals surface area contributed by atoms with Gasteiger partial charge in [0.05, 0.1) is 20.7 Å². The normalized spacial score (nSPS) is 10.5. The molecule has 0 radical (unpaired) electrons. The number of aromatic nitrogens is 1. The summed E-state index contributed by atoms with van der Waals surface area (Å²) in [7, 11) is 1.65. The van der Waals surface area contributed by atoms with E-state index in [4.69, 9.17) is 0 Å². The van der Waals surface area contributed by atoms with E-state index in [0.29, 0.717) is 10.8 Å². The first-order valence-corrected chi connectivity index (χ1v) is 7.53. The highest BCUT2D eigenvalue weighted by Crippen LogP contribution is 2.27. The van der Waals surface area contributed by atoms with Gasteiger partial charge in [-0.15, -0.1) is 0 Å². The lowest BCUT2D eigenvalue weighted by Crippen LogP contribution is -2.14. The second kappa shape index (κ2) is 6.01. The molecule has 1 aromatic heterocycles. The van der Waals surface area contributed by atoms with Gasteiger partial charge in [-0.3, -0.25) is 20.2 Å². The molecular formula is C15H12N4O3S. The lowest BCUT2D eigenvalue weighted by molar-refractivity contribution is -0.384. The number of benzene rings is 2. The lowest BCUT2D eigenvalue weighted by atomic mass is 10.1. The van der Waals surface area contributed by atoms with Crippen molar-refractivity contribution in [3.8, 4) is 0 Å². The van der Waals surface area contributed by atoms with Gasteiger partial charge in [-0.05, 0) is 18.2 Å². The smallest absolute Gasteiger partial charge is 0.270 e. The van der Waals surface area contributed by atoms with E-state index in [2.05, 4.69) is 15.6 Å². The first kappa shape index (κ1) is 14.9. The molecule has 23 heavy (non-hydrogen) atoms. The van der Waals surface area contributed by atoms with Crippen molar-refractivity contribution in [1.82, 2.24) is 4.98 Å². The molecule has 0 bridgehead atoms. The third kappa shape index (κ3) is 2.97. The minimum Gasteiger partial charge on any atom is -0.387 e. The summed E-state index contributed by atoms with van der Waals surface area (Å²) in [6, 6.07) is 11.6. The van der Waals surface area contributed by atoms with Gasteiger partial charge in [0.2, 0.25) is 0 Å². The Hall–Kier alpha value is -3.00. The van der Waals surface area contributed by atoms with Crippen LogP contribution in [0.2, 0.25) is 0 Å². The van der Waals surface area contributed by atoms with Crippen molar-refractivity contribution in [1.29, 1.82) is 0 Å². The van der Waals surface area contributed by atoms with E-state index >= 15 is 0 Å². The summed E-state index contributed by atoms with van der Waals surface area (Å²) in [6.45, 7) is 0. The quantitative estimate of drug-likeness (QED) is 0.564. The van der Waals surface area contributed by atoms with E-state index < -0.39 is 10.8 Å². The van der Waals surface area contributed by atoms with Crippen LogP contribution in [0.5, 0.6) is 0 Å². The van der Waals surface area contributed by atoms with Crippen LogP contribution in [-0.2, 0) is 0 Å². The SMILES string of the molecule is CNc1ccc([N+](=O)[O-])cc1C(=O)Nc1nc2ccccc2s1. The van der Waals surface area contributed by atoms with Crippen LogP contribution in [0.4, 0.5) is 16.5 Å². The van der Waals surface area contributed by atoms with Gasteiger partial charge >= 0.3 is 0 Å². The highest BCUT2D eigenvalue weighted by Gasteiger charge is 2.17. The summed E-state index contributed by atoms with van der Waals surface area (Å²) < 4.78 is 0.954. The fraction of sp³-hybridized carbons (Fsp3) is 0.0667. The van der Waals surface area contributed by atoms with Crippen LogP contribution in [-0.4, -0.2) is 22.9 Å². The Morgan fingerprint density at radius 3 is 2.74 bits per heavy atom. The van der Waals surface area contributed by atoms with Crippen molar-refractivity contribution in [3.05, 3.63) is 58.1 Å². The van der Waals surface area contributed by atoms with Crippen LogP contribution in [0.1, 0.15) is 10.4 Å². The van der Waals surface area contributed by atoms with Gasteiger partial charge in [0.15, 0.2) is 5.13 Å². The highest BCUT2D eigenvalue weighted by molar-refractivity contribution is 7.22. The summed E-state index contributed by atoms with van der Waals surface area (Å²) in [5.41, 5.74) is 1.36. The Bertz CT molecular complexity index is 874. The minimum atomic E-state index is -0.534. The molecule has 7 nitrogen and oxygen atoms in total. The van der Waals surface area contributed by atoms with Crippen molar-refractivity contribution < 1.29 is 9.72 Å². The molecule has 1 heterocycles. The van der Waals surface area contributed by atoms with E-state index in [9.17, 15) is 14.9 Å². The third-order valence-electron chi connectivity index (χ3n) is 3.24. The van der Waals surface area contributed by atoms with Gasteiger partial charge in [0.25, 0.3) is 11.6 Å². The summed E-state index contributed by atoms with van der Waals surface area (Å²) in [4.78, 5) is 27.1. The third-order valence-corrected chi connectivity index (χ3v) is 4.19. The molecule has 0 saturated carbocycles. The van der Waals surface area contributed by atoms with Crippen LogP contribution >= 0.6 is 11.3 Å². The van der Waals surface area contributed by atoms with Gasteiger partial charge in [0, 0.05) is 24.9 Å². The molecular weight excluding hydrogens is 316 g/mol. The Labute approximate surface area is 135 Å². The second-order valence-electron chi connectivity index (χ2n) is 4.68. The molecule has 2 aromatic carbocycles. The number of carbonyl (C=O) groups excluding carboxylic acids is 1. The van der Waals surface area contributed by atoms with Crippen LogP contribution in [0.25, 0.3) is 10.2 Å². The first-order chi connectivity index (χ1) is 11.1. The number of nitro benzene ring substituents is 1. The molecule has 3 rings (SSSR count). The molecule has 0 aliphatic carbocycles. The molecule has 8 heteroatoms. The zero-order valence-corrected chi connectivity index (χ0v) is 12.9. The predicted molar refractivity (Wildman–Crippen MR) is 90.2 cm³/mol. The van der Waals surface area contributed by atoms with Crippen molar-refractivity contribution in [2.24, 2.45) is 0 Å². The molecule has 0 unspecified atom stereocenters. The fourth-order valence-electron chi connectivity index (χ4n) is 2.14. The minimum absolute atomic E-state index is 0.140. The van der Waals surface area contributed by atoms with Crippen LogP contribution in [0.3, 0.4) is 0 Å². The number of amides is 1. The lowest BCUT2D eigenvalue weighted by Gasteiger charge is -2.08. The Morgan fingerprint density at radius 1 is 1.26 bits per heavy atom. The Morgan fingerprint density at radius 2 is 2.04 bits per heavy atom. The molecule has 0 aliphatic rings. The molecule has 0 atom stereocenters. The molecule has 3 aromatic rings. The van der Waals surface area contributed by atoms with Gasteiger partial charge < -0.3 is 5.32 Å². The maximum Gasteiger partial charge on any atom is 0.270 e. The Balaban J connectivity index is 1.93. The number of para-hydroxylation sites is 1. The average Bonchev–Trinajstić information content (AvgIpc) is 2.96. The molecule has 0 fully saturated rings. The van der Waals surface area contributed by atoms with E-state index in [0.717, 1.165) is 10.2 Å². The molecule has 0 spiro atoms. The molecule has 1 amide bonds. The number of carbonyl (C=O) groups is 1. The predicted octanol–water partition coefficient (Wildman–Crippen LogP) is 3.50. The van der Waals surface area contributed by atoms with Crippen molar-refractivity contribution in [3.63, 3.8) is 0 Å². The zero-order chi connectivity index (χ0) is 16.4. The summed E-state index contributed by atoms with van der Waals surface area (Å²) >= 11 is 1.35. The van der Waals surface area contributed by atoms with Crippen molar-refractivity contribution in [2.75, 3.05) is 17.7 Å². The van der Waals surface area contributed by atoms with Crippen molar-refractivity contribution in [2.45, 2.75) is 0 Å². The van der Waals surface area contributed by atoms with Gasteiger partial charge in [-0.2, -0.15) is 0 Å². The zero-order valence-electron chi connectivity index (χ0n) is 12.1. The number of nitrogens with zero attached hydrogens (tertiary/aromatic N) is 2. The number of hydrogen-bond acceptors (Lipinski definition) is 6. The first-order valence-electron chi connectivity index (χ1n) is 6.71. The molecule has 0 saturated heterocycles. The number of fused-ring (bicyclic) bond motifs is 1. The molecule has 2 N–H and O–H groups in total. The largest absolute Gasteiger partial charge is 0.387 e. The second-order valence-corrected chi connectivity index (χ2v) is 5.71. The van der Waals surface area contributed by atoms with Crippen molar-refractivity contribution >= 4 is 44.0 Å². The summed E-state index contributed by atoms with van der Waals surface area (Å²) in [5, 5.41) is 16.9. The van der Waals surface area contributed by atoms with E-state index in [1.807, 2.05) is 24.3 Å². The standard InChI is InChI=1S/C15H12N4O3S/c1-16-11-7-6-9(19(21)22)8-10(11)14(20)18-15-17-12-4-2-3-5-13(12)23-15/h2-8,16H,1H3,(H,17,18,20). The van der Waals surface area contributed by atoms with Gasteiger partial charge in [-0.25, -0.2) is 4.98 Å². The van der Waals surface area contributed by atoms with Crippen LogP contribution in [0.15, 0.2) is 42.5 Å². The average molecular weight is 328 g/mol. The van der Waals surface area contributed by atoms with Crippen LogP contribution in [0, 0.1) is 10.1 Å². The highest BCUT2D eigenvalue weighted by atomic mass is 32.1. The number of rotatable bonds is 4. The summed E-state index contributed by atoms with van der Waals surface area (Å²) in [5.74, 6) is -0.447. The monoisotopic (exact) mass is 328 g/mol. The number of nitrogens with one attached hydrogen (secondary N) is 2. The van der Waals surface area contributed by atoms with Gasteiger partial charge in [-0.1, -0.05) is 23.5 Å². The number of anilines is 2. The number of non-ortho nitro benzene ring substituents is 1. The van der Waals surface area contributed by atoms with Gasteiger partial charge in [0.1, 0.15) is 0 Å². The van der Waals surface area contributed by atoms with E-state index in [-0.39, 0.29) is 11.3 Å². The topological polar surface area (TPSA) is 97.2 Å². The Kier molecular flexibility index (Phi) is 3.90. The maximum absolute atomic E-state index is 12.4. The molecule has 116 valence electrons. The van der Waals surface area contributed by atoms with Crippen LogP contribution < -0.4 is 10.6 Å². The molecule has 0 aliphatic heterocycles. The van der Waals surface area contributed by atoms with E-state index in [1.165, 1.54) is 29.5 Å². The number of hydrogen-bond donors (Lipinski definition) is 2. The van der Waals surface area contributed by atoms with E-state index in [1.54, 1.807) is 7.05 Å². The number of thiazole rings is 1. The maximum atomic E-state index is 12.4.